The molecular formula is C6H8ClN3O2. The number of carbonyl (C=O) groups is 1. The van der Waals surface area contributed by atoms with Gasteiger partial charge in [0, 0.05) is 7.05 Å². The summed E-state index contributed by atoms with van der Waals surface area (Å²) in [7, 11) is 1.57. The number of hydrogen-bond acceptors (Lipinski definition) is 4. The summed E-state index contributed by atoms with van der Waals surface area (Å²) in [6.45, 7) is 2.07. The lowest BCUT2D eigenvalue weighted by molar-refractivity contribution is 0.228. The molecule has 0 aliphatic heterocycles. The fourth-order valence-electron chi connectivity index (χ4n) is 0.680. The lowest BCUT2D eigenvalue weighted by atomic mass is 10.3. The molecule has 5 nitrogen and oxygen atoms in total. The highest BCUT2D eigenvalue weighted by atomic mass is 35.5. The highest BCUT2D eigenvalue weighted by molar-refractivity contribution is 6.62. The Kier molecular flexibility index (Phi) is 2.65. The van der Waals surface area contributed by atoms with E-state index in [9.17, 15) is 4.79 Å². The van der Waals surface area contributed by atoms with Crippen LogP contribution >= 0.6 is 11.6 Å². The van der Waals surface area contributed by atoms with E-state index in [1.165, 1.54) is 4.90 Å². The van der Waals surface area contributed by atoms with Gasteiger partial charge in [-0.25, -0.2) is 4.63 Å². The Morgan fingerprint density at radius 3 is 2.75 bits per heavy atom. The molecule has 0 spiro atoms. The van der Waals surface area contributed by atoms with Gasteiger partial charge in [-0.05, 0) is 18.5 Å². The minimum atomic E-state index is -0.530. The van der Waals surface area contributed by atoms with Crippen LogP contribution in [0.2, 0.25) is 0 Å². The van der Waals surface area contributed by atoms with Crippen LogP contribution in [0.1, 0.15) is 11.4 Å². The zero-order valence-electron chi connectivity index (χ0n) is 6.74. The number of nitrogens with zero attached hydrogens (tertiary/aromatic N) is 3. The van der Waals surface area contributed by atoms with E-state index in [1.807, 2.05) is 0 Å². The summed E-state index contributed by atoms with van der Waals surface area (Å²) in [5.41, 5.74) is 1.28. The average molecular weight is 190 g/mol. The Morgan fingerprint density at radius 1 is 1.67 bits per heavy atom. The maximum absolute atomic E-state index is 10.6. The number of carbonyl (C=O) groups excluding carboxylic acids is 1. The van der Waals surface area contributed by atoms with Gasteiger partial charge in [-0.2, -0.15) is 0 Å². The maximum Gasteiger partial charge on any atom is 0.316 e. The molecule has 0 aliphatic rings. The van der Waals surface area contributed by atoms with Gasteiger partial charge in [0.1, 0.15) is 11.4 Å². The molecule has 66 valence electrons. The average Bonchev–Trinajstić information content (AvgIpc) is 2.36. The predicted octanol–water partition coefficient (Wildman–Crippen LogP) is 1.17. The Morgan fingerprint density at radius 2 is 2.33 bits per heavy atom. The van der Waals surface area contributed by atoms with E-state index in [4.69, 9.17) is 11.6 Å². The van der Waals surface area contributed by atoms with Gasteiger partial charge in [0.2, 0.25) is 0 Å². The second-order valence-corrected chi connectivity index (χ2v) is 2.73. The Balaban J connectivity index is 2.64. The molecule has 0 radical (unpaired) electrons. The van der Waals surface area contributed by atoms with Crippen LogP contribution in [0.4, 0.5) is 4.79 Å². The number of rotatable bonds is 2. The molecule has 6 heteroatoms. The zero-order chi connectivity index (χ0) is 9.14. The summed E-state index contributed by atoms with van der Waals surface area (Å²) in [5, 5.41) is 6.63. The molecule has 1 amide bonds. The molecule has 0 aliphatic carbocycles. The third kappa shape index (κ3) is 1.94. The van der Waals surface area contributed by atoms with Crippen LogP contribution in [0.15, 0.2) is 4.63 Å². The van der Waals surface area contributed by atoms with Crippen molar-refractivity contribution < 1.29 is 9.42 Å². The van der Waals surface area contributed by atoms with Crippen molar-refractivity contribution in [1.29, 1.82) is 0 Å². The van der Waals surface area contributed by atoms with Crippen molar-refractivity contribution in [2.75, 3.05) is 7.05 Å². The normalized spacial score (nSPS) is 9.92. The first kappa shape index (κ1) is 8.99. The van der Waals surface area contributed by atoms with Gasteiger partial charge in [-0.3, -0.25) is 4.79 Å². The van der Waals surface area contributed by atoms with E-state index in [1.54, 1.807) is 14.0 Å². The van der Waals surface area contributed by atoms with Crippen molar-refractivity contribution in [2.24, 2.45) is 0 Å². The smallest absolute Gasteiger partial charge is 0.316 e. The van der Waals surface area contributed by atoms with E-state index >= 15 is 0 Å². The second-order valence-electron chi connectivity index (χ2n) is 2.41. The molecule has 1 aromatic heterocycles. The van der Waals surface area contributed by atoms with Crippen molar-refractivity contribution in [1.82, 2.24) is 15.2 Å². The minimum absolute atomic E-state index is 0.317. The van der Waals surface area contributed by atoms with Gasteiger partial charge in [0.15, 0.2) is 0 Å². The number of amides is 1. The fraction of sp³-hybridized carbons (Fsp3) is 0.500. The van der Waals surface area contributed by atoms with E-state index in [-0.39, 0.29) is 0 Å². The highest BCUT2D eigenvalue weighted by Gasteiger charge is 2.10. The van der Waals surface area contributed by atoms with Crippen LogP contribution in [0.5, 0.6) is 0 Å². The zero-order valence-corrected chi connectivity index (χ0v) is 7.50. The number of halogens is 1. The van der Waals surface area contributed by atoms with Gasteiger partial charge in [-0.1, -0.05) is 10.3 Å². The van der Waals surface area contributed by atoms with E-state index in [0.717, 1.165) is 0 Å². The van der Waals surface area contributed by atoms with Crippen LogP contribution in [0, 0.1) is 6.92 Å². The number of aromatic nitrogens is 2. The molecular weight excluding hydrogens is 182 g/mol. The summed E-state index contributed by atoms with van der Waals surface area (Å²) in [4.78, 5) is 11.9. The molecule has 12 heavy (non-hydrogen) atoms. The number of aryl methyl sites for hydroxylation is 1. The SMILES string of the molecule is Cc1nonc1CN(C)C(=O)Cl. The molecule has 0 saturated carbocycles. The van der Waals surface area contributed by atoms with Crippen LogP contribution < -0.4 is 0 Å². The van der Waals surface area contributed by atoms with E-state index in [2.05, 4.69) is 14.9 Å². The molecule has 0 atom stereocenters. The summed E-state index contributed by atoms with van der Waals surface area (Å²) in [6.07, 6.45) is 0. The molecule has 1 rings (SSSR count). The third-order valence-electron chi connectivity index (χ3n) is 1.43. The minimum Gasteiger partial charge on any atom is -0.326 e. The molecule has 1 aromatic rings. The molecule has 1 heterocycles. The van der Waals surface area contributed by atoms with Gasteiger partial charge in [0.25, 0.3) is 0 Å². The number of hydrogen-bond donors (Lipinski definition) is 0. The van der Waals surface area contributed by atoms with Gasteiger partial charge in [0.05, 0.1) is 6.54 Å². The Bertz CT molecular complexity index is 286. The van der Waals surface area contributed by atoms with E-state index in [0.29, 0.717) is 17.9 Å². The van der Waals surface area contributed by atoms with Gasteiger partial charge >= 0.3 is 5.37 Å². The molecule has 0 N–H and O–H groups in total. The Hall–Kier alpha value is -1.10. The predicted molar refractivity (Wildman–Crippen MR) is 41.8 cm³/mol. The molecule has 0 fully saturated rings. The summed E-state index contributed by atoms with van der Waals surface area (Å²) in [5.74, 6) is 0. The van der Waals surface area contributed by atoms with Crippen molar-refractivity contribution in [2.45, 2.75) is 13.5 Å². The highest BCUT2D eigenvalue weighted by Crippen LogP contribution is 2.05. The quantitative estimate of drug-likeness (QED) is 0.518. The van der Waals surface area contributed by atoms with Crippen LogP contribution in [0.25, 0.3) is 0 Å². The van der Waals surface area contributed by atoms with Crippen molar-refractivity contribution in [3.63, 3.8) is 0 Å². The van der Waals surface area contributed by atoms with E-state index < -0.39 is 5.37 Å². The topological polar surface area (TPSA) is 59.2 Å². The standard InChI is InChI=1S/C6H8ClN3O2/c1-4-5(9-12-8-4)3-10(2)6(7)11/h3H2,1-2H3. The summed E-state index contributed by atoms with van der Waals surface area (Å²) >= 11 is 5.21. The fourth-order valence-corrected chi connectivity index (χ4v) is 0.740. The summed E-state index contributed by atoms with van der Waals surface area (Å²) in [6, 6.07) is 0. The van der Waals surface area contributed by atoms with Crippen LogP contribution in [-0.2, 0) is 6.54 Å². The van der Waals surface area contributed by atoms with Crippen molar-refractivity contribution in [3.05, 3.63) is 11.4 Å². The van der Waals surface area contributed by atoms with Crippen LogP contribution in [0.3, 0.4) is 0 Å². The van der Waals surface area contributed by atoms with Crippen LogP contribution in [-0.4, -0.2) is 27.6 Å². The lowest BCUT2D eigenvalue weighted by Crippen LogP contribution is -2.20. The Labute approximate surface area is 74.3 Å². The first-order chi connectivity index (χ1) is 5.61. The van der Waals surface area contributed by atoms with Gasteiger partial charge < -0.3 is 4.90 Å². The van der Waals surface area contributed by atoms with Crippen molar-refractivity contribution in [3.8, 4) is 0 Å². The summed E-state index contributed by atoms with van der Waals surface area (Å²) < 4.78 is 4.44. The second kappa shape index (κ2) is 3.53. The molecule has 0 bridgehead atoms. The molecule has 0 saturated heterocycles. The first-order valence-corrected chi connectivity index (χ1v) is 3.67. The maximum atomic E-state index is 10.6. The monoisotopic (exact) mass is 189 g/mol. The first-order valence-electron chi connectivity index (χ1n) is 3.30. The van der Waals surface area contributed by atoms with Gasteiger partial charge in [-0.15, -0.1) is 0 Å². The molecule has 0 unspecified atom stereocenters. The largest absolute Gasteiger partial charge is 0.326 e. The lowest BCUT2D eigenvalue weighted by Gasteiger charge is -2.09. The third-order valence-corrected chi connectivity index (χ3v) is 1.72. The molecule has 0 aromatic carbocycles. The van der Waals surface area contributed by atoms with Crippen molar-refractivity contribution >= 4 is 17.0 Å².